The van der Waals surface area contributed by atoms with Gasteiger partial charge in [-0.05, 0) is 52.0 Å². The quantitative estimate of drug-likeness (QED) is 0.313. The van der Waals surface area contributed by atoms with Gasteiger partial charge in [-0.2, -0.15) is 0 Å². The van der Waals surface area contributed by atoms with Gasteiger partial charge in [-0.15, -0.1) is 0 Å². The van der Waals surface area contributed by atoms with Crippen LogP contribution in [-0.4, -0.2) is 34.4 Å². The molecule has 2 heterocycles. The standard InChI is InChI=1S/C28H29FN4O7/c1-15(2)32-14-25(26(34)33(16(3)4)28(32)36)40-27(35)31-17-7-8-22(19(29)11-17)39-21-9-10-30-20-13-24(38-6)23(37-5)12-18(20)21/h7-16H,1-6H3,(H,31,35). The predicted molar refractivity (Wildman–Crippen MR) is 147 cm³/mol. The van der Waals surface area contributed by atoms with E-state index < -0.39 is 29.2 Å². The van der Waals surface area contributed by atoms with Gasteiger partial charge in [0.05, 0.1) is 25.9 Å². The number of fused-ring (bicyclic) bond motifs is 1. The molecule has 40 heavy (non-hydrogen) atoms. The van der Waals surface area contributed by atoms with Crippen LogP contribution >= 0.6 is 0 Å². The van der Waals surface area contributed by atoms with Crippen LogP contribution in [0.4, 0.5) is 14.9 Å². The molecule has 12 heteroatoms. The fraction of sp³-hybridized carbons (Fsp3) is 0.286. The summed E-state index contributed by atoms with van der Waals surface area (Å²) in [4.78, 5) is 42.3. The molecule has 0 aliphatic heterocycles. The van der Waals surface area contributed by atoms with Crippen molar-refractivity contribution in [3.63, 3.8) is 0 Å². The highest BCUT2D eigenvalue weighted by atomic mass is 19.1. The summed E-state index contributed by atoms with van der Waals surface area (Å²) in [6.07, 6.45) is 1.67. The maximum Gasteiger partial charge on any atom is 0.417 e. The Hall–Kier alpha value is -4.87. The van der Waals surface area contributed by atoms with E-state index in [1.807, 2.05) is 0 Å². The Kier molecular flexibility index (Phi) is 8.08. The van der Waals surface area contributed by atoms with E-state index in [0.717, 1.165) is 10.6 Å². The molecule has 4 rings (SSSR count). The summed E-state index contributed by atoms with van der Waals surface area (Å²) in [5.74, 6) is 0.0571. The van der Waals surface area contributed by atoms with Gasteiger partial charge in [0, 0.05) is 41.5 Å². The largest absolute Gasteiger partial charge is 0.493 e. The molecule has 0 spiro atoms. The van der Waals surface area contributed by atoms with Crippen LogP contribution in [0.25, 0.3) is 10.9 Å². The minimum Gasteiger partial charge on any atom is -0.493 e. The van der Waals surface area contributed by atoms with Crippen LogP contribution in [0, 0.1) is 5.82 Å². The summed E-state index contributed by atoms with van der Waals surface area (Å²) in [5.41, 5.74) is -0.653. The lowest BCUT2D eigenvalue weighted by Gasteiger charge is -2.17. The number of pyridine rings is 1. The van der Waals surface area contributed by atoms with Crippen molar-refractivity contribution in [3.05, 3.63) is 75.4 Å². The molecule has 2 aromatic carbocycles. The van der Waals surface area contributed by atoms with Crippen molar-refractivity contribution < 1.29 is 28.1 Å². The molecule has 0 saturated carbocycles. The second-order valence-electron chi connectivity index (χ2n) is 9.34. The molecule has 1 amide bonds. The number of nitrogens with zero attached hydrogens (tertiary/aromatic N) is 3. The van der Waals surface area contributed by atoms with E-state index in [0.29, 0.717) is 28.2 Å². The number of methoxy groups -OCH3 is 2. The van der Waals surface area contributed by atoms with Crippen molar-refractivity contribution in [2.45, 2.75) is 39.8 Å². The van der Waals surface area contributed by atoms with Crippen LogP contribution in [-0.2, 0) is 0 Å². The smallest absolute Gasteiger partial charge is 0.417 e. The van der Waals surface area contributed by atoms with Crippen molar-refractivity contribution in [2.24, 2.45) is 0 Å². The van der Waals surface area contributed by atoms with Crippen LogP contribution in [0.2, 0.25) is 0 Å². The van der Waals surface area contributed by atoms with Crippen LogP contribution in [0.3, 0.4) is 0 Å². The zero-order chi connectivity index (χ0) is 29.1. The molecule has 2 aromatic heterocycles. The number of hydrogen-bond acceptors (Lipinski definition) is 8. The Bertz CT molecular complexity index is 1700. The lowest BCUT2D eigenvalue weighted by Crippen LogP contribution is -2.42. The number of halogens is 1. The number of amides is 1. The lowest BCUT2D eigenvalue weighted by molar-refractivity contribution is 0.213. The van der Waals surface area contributed by atoms with Crippen molar-refractivity contribution in [1.82, 2.24) is 14.1 Å². The molecule has 0 aliphatic rings. The molecule has 11 nitrogen and oxygen atoms in total. The van der Waals surface area contributed by atoms with E-state index in [2.05, 4.69) is 10.3 Å². The van der Waals surface area contributed by atoms with E-state index in [1.165, 1.54) is 43.3 Å². The van der Waals surface area contributed by atoms with E-state index in [1.54, 1.807) is 45.9 Å². The zero-order valence-corrected chi connectivity index (χ0v) is 22.9. The Morgan fingerprint density at radius 3 is 2.23 bits per heavy atom. The molecule has 4 aromatic rings. The fourth-order valence-corrected chi connectivity index (χ4v) is 4.02. The Balaban J connectivity index is 1.56. The van der Waals surface area contributed by atoms with Crippen molar-refractivity contribution >= 4 is 22.7 Å². The highest BCUT2D eigenvalue weighted by Gasteiger charge is 2.19. The summed E-state index contributed by atoms with van der Waals surface area (Å²) in [5, 5.41) is 2.96. The van der Waals surface area contributed by atoms with Gasteiger partial charge in [0.15, 0.2) is 23.1 Å². The first kappa shape index (κ1) is 28.1. The van der Waals surface area contributed by atoms with E-state index in [-0.39, 0.29) is 23.2 Å². The van der Waals surface area contributed by atoms with Crippen molar-refractivity contribution in [2.75, 3.05) is 19.5 Å². The third kappa shape index (κ3) is 5.60. The fourth-order valence-electron chi connectivity index (χ4n) is 4.02. The minimum atomic E-state index is -1.03. The molecule has 0 aliphatic carbocycles. The molecule has 1 N–H and O–H groups in total. The average Bonchev–Trinajstić information content (AvgIpc) is 2.90. The number of hydrogen-bond donors (Lipinski definition) is 1. The van der Waals surface area contributed by atoms with Gasteiger partial charge in [-0.1, -0.05) is 0 Å². The number of benzene rings is 2. The maximum atomic E-state index is 15.0. The molecular formula is C28H29FN4O7. The second kappa shape index (κ2) is 11.5. The molecule has 0 unspecified atom stereocenters. The number of anilines is 1. The van der Waals surface area contributed by atoms with Gasteiger partial charge in [0.2, 0.25) is 5.75 Å². The SMILES string of the molecule is COc1cc2nccc(Oc3ccc(NC(=O)Oc4cn(C(C)C)c(=O)n(C(C)C)c4=O)cc3F)c2cc1OC. The minimum absolute atomic E-state index is 0.0576. The molecule has 210 valence electrons. The predicted octanol–water partition coefficient (Wildman–Crippen LogP) is 5.28. The summed E-state index contributed by atoms with van der Waals surface area (Å²) in [6, 6.07) is 7.99. The Labute approximate surface area is 228 Å². The van der Waals surface area contributed by atoms with Crippen LogP contribution < -0.4 is 35.5 Å². The molecular weight excluding hydrogens is 523 g/mol. The number of carbonyl (C=O) groups excluding carboxylic acids is 1. The maximum absolute atomic E-state index is 15.0. The Morgan fingerprint density at radius 2 is 1.60 bits per heavy atom. The molecule has 0 bridgehead atoms. The third-order valence-electron chi connectivity index (χ3n) is 5.99. The van der Waals surface area contributed by atoms with Gasteiger partial charge in [-0.3, -0.25) is 24.2 Å². The van der Waals surface area contributed by atoms with Crippen LogP contribution in [0.15, 0.2) is 58.4 Å². The topological polar surface area (TPSA) is 123 Å². The van der Waals surface area contributed by atoms with E-state index in [4.69, 9.17) is 18.9 Å². The molecule has 0 saturated heterocycles. The molecule has 0 fully saturated rings. The first-order valence-electron chi connectivity index (χ1n) is 12.4. The van der Waals surface area contributed by atoms with Crippen LogP contribution in [0.1, 0.15) is 39.8 Å². The Morgan fingerprint density at radius 1 is 0.900 bits per heavy atom. The van der Waals surface area contributed by atoms with Gasteiger partial charge >= 0.3 is 11.8 Å². The first-order chi connectivity index (χ1) is 19.0. The number of nitrogens with one attached hydrogen (secondary N) is 1. The number of aromatic nitrogens is 3. The van der Waals surface area contributed by atoms with E-state index >= 15 is 4.39 Å². The zero-order valence-electron chi connectivity index (χ0n) is 22.9. The van der Waals surface area contributed by atoms with Crippen LogP contribution in [0.5, 0.6) is 28.7 Å². The third-order valence-corrected chi connectivity index (χ3v) is 5.99. The molecule has 0 atom stereocenters. The van der Waals surface area contributed by atoms with Crippen molar-refractivity contribution in [3.8, 4) is 28.7 Å². The normalized spacial score (nSPS) is 11.1. The molecule has 0 radical (unpaired) electrons. The van der Waals surface area contributed by atoms with Gasteiger partial charge < -0.3 is 18.9 Å². The van der Waals surface area contributed by atoms with E-state index in [9.17, 15) is 14.4 Å². The summed E-state index contributed by atoms with van der Waals surface area (Å²) in [6.45, 7) is 6.86. The van der Waals surface area contributed by atoms with Crippen molar-refractivity contribution in [1.29, 1.82) is 0 Å². The highest BCUT2D eigenvalue weighted by Crippen LogP contribution is 2.37. The second-order valence-corrected chi connectivity index (χ2v) is 9.34. The van der Waals surface area contributed by atoms with Gasteiger partial charge in [-0.25, -0.2) is 14.0 Å². The number of carbonyl (C=O) groups is 1. The average molecular weight is 553 g/mol. The monoisotopic (exact) mass is 552 g/mol. The first-order valence-corrected chi connectivity index (χ1v) is 12.4. The van der Waals surface area contributed by atoms with Gasteiger partial charge in [0.25, 0.3) is 5.56 Å². The summed E-state index contributed by atoms with van der Waals surface area (Å²) in [7, 11) is 3.01. The highest BCUT2D eigenvalue weighted by molar-refractivity contribution is 5.88. The number of rotatable bonds is 8. The van der Waals surface area contributed by atoms with Gasteiger partial charge in [0.1, 0.15) is 5.75 Å². The summed E-state index contributed by atoms with van der Waals surface area (Å²) >= 11 is 0. The lowest BCUT2D eigenvalue weighted by atomic mass is 10.2. The number of ether oxygens (including phenoxy) is 4. The summed E-state index contributed by atoms with van der Waals surface area (Å²) < 4.78 is 39.0.